The van der Waals surface area contributed by atoms with Crippen LogP contribution in [0.2, 0.25) is 0 Å². The molecule has 1 rings (SSSR count). The number of nitrogens with one attached hydrogen (secondary N) is 1. The molecule has 6 nitrogen and oxygen atoms in total. The average Bonchev–Trinajstić information content (AvgIpc) is 2.19. The highest BCUT2D eigenvalue weighted by atomic mass is 32.2. The van der Waals surface area contributed by atoms with E-state index in [2.05, 4.69) is 10.1 Å². The van der Waals surface area contributed by atoms with Gasteiger partial charge < -0.3 is 10.1 Å². The van der Waals surface area contributed by atoms with Gasteiger partial charge in [0.05, 0.1) is 12.0 Å². The fourth-order valence-electron chi connectivity index (χ4n) is 0.998. The van der Waals surface area contributed by atoms with Crippen LogP contribution in [0.15, 0.2) is 10.7 Å². The van der Waals surface area contributed by atoms with E-state index in [0.29, 0.717) is 11.6 Å². The molecule has 0 saturated carbocycles. The Hall–Kier alpha value is -1.24. The Morgan fingerprint density at radius 3 is 2.86 bits per heavy atom. The third-order valence-corrected chi connectivity index (χ3v) is 2.75. The summed E-state index contributed by atoms with van der Waals surface area (Å²) in [5.74, 6) is -0.136. The van der Waals surface area contributed by atoms with E-state index in [-0.39, 0.29) is 0 Å². The highest BCUT2D eigenvalue weighted by molar-refractivity contribution is 8.03. The quantitative estimate of drug-likeness (QED) is 0.311. The molecule has 0 aromatic heterocycles. The van der Waals surface area contributed by atoms with Crippen LogP contribution >= 0.6 is 11.8 Å². The molecule has 0 amide bonds. The molecule has 0 unspecified atom stereocenters. The molecule has 0 atom stereocenters. The van der Waals surface area contributed by atoms with Gasteiger partial charge in [-0.1, -0.05) is 0 Å². The summed E-state index contributed by atoms with van der Waals surface area (Å²) in [7, 11) is 1.12. The maximum Gasteiger partial charge on any atom is 0.412 e. The van der Waals surface area contributed by atoms with E-state index >= 15 is 0 Å². The summed E-state index contributed by atoms with van der Waals surface area (Å²) in [5.41, 5.74) is -0.503. The number of nitrogens with zero attached hydrogens (tertiary/aromatic N) is 1. The summed E-state index contributed by atoms with van der Waals surface area (Å²) in [6.07, 6.45) is 0.931. The second-order valence-electron chi connectivity index (χ2n) is 2.56. The molecule has 0 aromatic carbocycles. The fraction of sp³-hybridized carbons (Fsp3) is 0.571. The first-order valence-corrected chi connectivity index (χ1v) is 4.99. The minimum Gasteiger partial charge on any atom is -0.461 e. The van der Waals surface area contributed by atoms with Gasteiger partial charge in [-0.2, -0.15) is 0 Å². The zero-order valence-electron chi connectivity index (χ0n) is 7.61. The van der Waals surface area contributed by atoms with Crippen LogP contribution in [0, 0.1) is 10.1 Å². The van der Waals surface area contributed by atoms with E-state index in [9.17, 15) is 14.9 Å². The van der Waals surface area contributed by atoms with Gasteiger partial charge in [-0.15, -0.1) is 11.8 Å². The van der Waals surface area contributed by atoms with Gasteiger partial charge in [0.1, 0.15) is 0 Å². The molecular formula is C7H10N2O4S. The number of nitro groups is 1. The summed E-state index contributed by atoms with van der Waals surface area (Å²) in [6, 6.07) is 0. The largest absolute Gasteiger partial charge is 0.461 e. The zero-order valence-corrected chi connectivity index (χ0v) is 8.43. The molecule has 0 radical (unpaired) electrons. The lowest BCUT2D eigenvalue weighted by Gasteiger charge is -2.14. The van der Waals surface area contributed by atoms with E-state index in [1.165, 1.54) is 11.8 Å². The van der Waals surface area contributed by atoms with Crippen molar-refractivity contribution in [3.8, 4) is 0 Å². The van der Waals surface area contributed by atoms with Crippen LogP contribution in [0.1, 0.15) is 6.42 Å². The first kappa shape index (κ1) is 10.8. The van der Waals surface area contributed by atoms with E-state index in [1.807, 2.05) is 0 Å². The highest BCUT2D eigenvalue weighted by Crippen LogP contribution is 2.22. The third kappa shape index (κ3) is 2.38. The molecule has 0 aliphatic carbocycles. The second-order valence-corrected chi connectivity index (χ2v) is 3.66. The normalized spacial score (nSPS) is 19.5. The molecule has 1 aliphatic rings. The summed E-state index contributed by atoms with van der Waals surface area (Å²) < 4.78 is 4.34. The molecule has 7 heteroatoms. The van der Waals surface area contributed by atoms with Crippen molar-refractivity contribution in [3.05, 3.63) is 20.8 Å². The van der Waals surface area contributed by atoms with Crippen molar-refractivity contribution in [2.24, 2.45) is 0 Å². The first-order chi connectivity index (χ1) is 6.66. The second kappa shape index (κ2) is 4.85. The molecule has 1 fully saturated rings. The van der Waals surface area contributed by atoms with E-state index in [4.69, 9.17) is 0 Å². The minimum atomic E-state index is -0.910. The van der Waals surface area contributed by atoms with Crippen LogP contribution in [0.3, 0.4) is 0 Å². The zero-order chi connectivity index (χ0) is 10.6. The highest BCUT2D eigenvalue weighted by Gasteiger charge is 2.30. The maximum atomic E-state index is 11.1. The Kier molecular flexibility index (Phi) is 3.75. The minimum absolute atomic E-state index is 0.299. The average molecular weight is 218 g/mol. The summed E-state index contributed by atoms with van der Waals surface area (Å²) in [4.78, 5) is 21.0. The number of methoxy groups -OCH3 is 1. The van der Waals surface area contributed by atoms with Crippen molar-refractivity contribution in [2.45, 2.75) is 6.42 Å². The standard InChI is InChI=1S/C7H10N2O4S/c1-13-7(10)5(9(11)12)6-8-3-2-4-14-6/h8H,2-4H2,1H3. The van der Waals surface area contributed by atoms with Gasteiger partial charge >= 0.3 is 11.7 Å². The van der Waals surface area contributed by atoms with Gasteiger partial charge in [0, 0.05) is 12.3 Å². The maximum absolute atomic E-state index is 11.1. The molecule has 0 spiro atoms. The van der Waals surface area contributed by atoms with Gasteiger partial charge in [-0.05, 0) is 6.42 Å². The smallest absolute Gasteiger partial charge is 0.412 e. The molecule has 1 heterocycles. The lowest BCUT2D eigenvalue weighted by atomic mass is 10.4. The van der Waals surface area contributed by atoms with Gasteiger partial charge in [0.15, 0.2) is 5.03 Å². The number of carbonyl (C=O) groups is 1. The van der Waals surface area contributed by atoms with Crippen LogP contribution in [0.5, 0.6) is 0 Å². The monoisotopic (exact) mass is 218 g/mol. The van der Waals surface area contributed by atoms with Crippen LogP contribution in [0.25, 0.3) is 0 Å². The van der Waals surface area contributed by atoms with Crippen LogP contribution in [-0.4, -0.2) is 30.3 Å². The van der Waals surface area contributed by atoms with Gasteiger partial charge in [0.2, 0.25) is 0 Å². The topological polar surface area (TPSA) is 81.5 Å². The fourth-order valence-corrected chi connectivity index (χ4v) is 1.99. The van der Waals surface area contributed by atoms with Crippen molar-refractivity contribution in [2.75, 3.05) is 19.4 Å². The molecule has 1 saturated heterocycles. The molecule has 78 valence electrons. The number of ether oxygens (including phenoxy) is 1. The first-order valence-electron chi connectivity index (χ1n) is 4.00. The predicted molar refractivity (Wildman–Crippen MR) is 51.1 cm³/mol. The number of rotatable bonds is 2. The van der Waals surface area contributed by atoms with Crippen molar-refractivity contribution in [1.82, 2.24) is 5.32 Å². The number of hydrogen-bond acceptors (Lipinski definition) is 6. The Morgan fingerprint density at radius 2 is 2.43 bits per heavy atom. The predicted octanol–water partition coefficient (Wildman–Crippen LogP) is 0.332. The van der Waals surface area contributed by atoms with Crippen molar-refractivity contribution >= 4 is 17.7 Å². The molecular weight excluding hydrogens is 208 g/mol. The molecule has 14 heavy (non-hydrogen) atoms. The Bertz CT molecular complexity index is 281. The Balaban J connectivity index is 2.94. The van der Waals surface area contributed by atoms with Crippen LogP contribution in [0.4, 0.5) is 0 Å². The Morgan fingerprint density at radius 1 is 1.71 bits per heavy atom. The summed E-state index contributed by atoms with van der Waals surface area (Å²) in [5, 5.41) is 13.7. The van der Waals surface area contributed by atoms with Gasteiger partial charge in [-0.3, -0.25) is 10.1 Å². The van der Waals surface area contributed by atoms with Crippen LogP contribution in [-0.2, 0) is 9.53 Å². The van der Waals surface area contributed by atoms with E-state index < -0.39 is 16.6 Å². The summed E-state index contributed by atoms with van der Waals surface area (Å²) in [6.45, 7) is 0.649. The molecule has 0 bridgehead atoms. The number of thioether (sulfide) groups is 1. The lowest BCUT2D eigenvalue weighted by Crippen LogP contribution is -2.26. The van der Waals surface area contributed by atoms with Crippen molar-refractivity contribution in [1.29, 1.82) is 0 Å². The van der Waals surface area contributed by atoms with Gasteiger partial charge in [-0.25, -0.2) is 4.79 Å². The van der Waals surface area contributed by atoms with Gasteiger partial charge in [0.25, 0.3) is 0 Å². The summed E-state index contributed by atoms with van der Waals surface area (Å²) >= 11 is 1.27. The number of carbonyl (C=O) groups excluding carboxylic acids is 1. The molecule has 1 N–H and O–H groups in total. The number of esters is 1. The third-order valence-electron chi connectivity index (χ3n) is 1.63. The van der Waals surface area contributed by atoms with Crippen LogP contribution < -0.4 is 5.32 Å². The SMILES string of the molecule is COC(=O)C(=C1NCCCS1)[N+](=O)[O-]. The van der Waals surface area contributed by atoms with E-state index in [0.717, 1.165) is 19.3 Å². The molecule has 1 aliphatic heterocycles. The van der Waals surface area contributed by atoms with Crippen molar-refractivity contribution in [3.63, 3.8) is 0 Å². The van der Waals surface area contributed by atoms with E-state index in [1.54, 1.807) is 0 Å². The number of hydrogen-bond donors (Lipinski definition) is 1. The Labute approximate surface area is 84.8 Å². The van der Waals surface area contributed by atoms with Crippen molar-refractivity contribution < 1.29 is 14.5 Å². The molecule has 0 aromatic rings. The lowest BCUT2D eigenvalue weighted by molar-refractivity contribution is -0.422.